The van der Waals surface area contributed by atoms with Gasteiger partial charge in [-0.3, -0.25) is 4.68 Å². The Morgan fingerprint density at radius 2 is 1.50 bits per heavy atom. The van der Waals surface area contributed by atoms with Crippen LogP contribution >= 0.6 is 11.6 Å². The average Bonchev–Trinajstić information content (AvgIpc) is 3.62. The number of halogens is 1. The predicted molar refractivity (Wildman–Crippen MR) is 132 cm³/mol. The highest BCUT2D eigenvalue weighted by Gasteiger charge is 2.30. The summed E-state index contributed by atoms with van der Waals surface area (Å²) in [6, 6.07) is 26.7. The zero-order chi connectivity index (χ0) is 21.5. The Balaban J connectivity index is 1.51. The van der Waals surface area contributed by atoms with Crippen molar-refractivity contribution in [3.05, 3.63) is 100 Å². The largest absolute Gasteiger partial charge is 0.317 e. The smallest absolute Gasteiger partial charge is 0.0735 e. The zero-order valence-electron chi connectivity index (χ0n) is 18.2. The molecular formula is C28H28ClN3. The van der Waals surface area contributed by atoms with Crippen molar-refractivity contribution in [2.24, 2.45) is 0 Å². The Morgan fingerprint density at radius 3 is 2.22 bits per heavy atom. The maximum absolute atomic E-state index is 6.22. The summed E-state index contributed by atoms with van der Waals surface area (Å²) in [7, 11) is 0. The first-order valence-corrected chi connectivity index (χ1v) is 12.2. The maximum atomic E-state index is 6.22. The molecule has 0 spiro atoms. The van der Waals surface area contributed by atoms with Crippen molar-refractivity contribution in [3.8, 4) is 0 Å². The van der Waals surface area contributed by atoms with Gasteiger partial charge in [-0.1, -0.05) is 60.1 Å². The highest BCUT2D eigenvalue weighted by atomic mass is 35.5. The second-order valence-electron chi connectivity index (χ2n) is 9.26. The van der Waals surface area contributed by atoms with E-state index < -0.39 is 0 Å². The van der Waals surface area contributed by atoms with Crippen LogP contribution in [0.25, 0.3) is 10.9 Å². The van der Waals surface area contributed by atoms with Crippen LogP contribution in [0.4, 0.5) is 0 Å². The Hall–Kier alpha value is -2.62. The first-order chi connectivity index (χ1) is 15.8. The van der Waals surface area contributed by atoms with Gasteiger partial charge in [-0.2, -0.15) is 5.10 Å². The zero-order valence-corrected chi connectivity index (χ0v) is 18.9. The fourth-order valence-corrected chi connectivity index (χ4v) is 5.36. The van der Waals surface area contributed by atoms with E-state index in [0.29, 0.717) is 12.0 Å². The number of aromatic nitrogens is 2. The molecule has 0 bridgehead atoms. The monoisotopic (exact) mass is 441 g/mol. The van der Waals surface area contributed by atoms with E-state index in [2.05, 4.69) is 70.7 Å². The van der Waals surface area contributed by atoms with Gasteiger partial charge in [0.2, 0.25) is 0 Å². The van der Waals surface area contributed by atoms with Crippen LogP contribution in [0.15, 0.2) is 72.8 Å². The van der Waals surface area contributed by atoms with Crippen LogP contribution in [0.2, 0.25) is 5.02 Å². The summed E-state index contributed by atoms with van der Waals surface area (Å²) < 4.78 is 2.32. The number of benzene rings is 3. The summed E-state index contributed by atoms with van der Waals surface area (Å²) in [5.74, 6) is 0.711. The van der Waals surface area contributed by atoms with Crippen molar-refractivity contribution < 1.29 is 0 Å². The van der Waals surface area contributed by atoms with E-state index in [0.717, 1.165) is 18.1 Å². The van der Waals surface area contributed by atoms with Gasteiger partial charge >= 0.3 is 0 Å². The summed E-state index contributed by atoms with van der Waals surface area (Å²) in [4.78, 5) is 0. The first-order valence-electron chi connectivity index (χ1n) is 11.8. The van der Waals surface area contributed by atoms with Crippen LogP contribution in [-0.4, -0.2) is 22.9 Å². The van der Waals surface area contributed by atoms with Crippen LogP contribution in [0.5, 0.6) is 0 Å². The van der Waals surface area contributed by atoms with E-state index in [1.807, 2.05) is 12.1 Å². The van der Waals surface area contributed by atoms with E-state index in [-0.39, 0.29) is 5.92 Å². The van der Waals surface area contributed by atoms with Crippen LogP contribution in [0, 0.1) is 0 Å². The molecule has 2 aliphatic rings. The Bertz CT molecular complexity index is 1220. The van der Waals surface area contributed by atoms with E-state index in [1.54, 1.807) is 0 Å². The van der Waals surface area contributed by atoms with Gasteiger partial charge in [0.25, 0.3) is 0 Å². The minimum Gasteiger partial charge on any atom is -0.317 e. The normalized spacial score (nSPS) is 18.2. The maximum Gasteiger partial charge on any atom is 0.0735 e. The lowest BCUT2D eigenvalue weighted by atomic mass is 9.84. The SMILES string of the molecule is Clc1ccc(C(c2ccccc2)c2ccc3c(c2)c(C2CCNCC2)nn3C2CC2)cc1. The average molecular weight is 442 g/mol. The highest BCUT2D eigenvalue weighted by molar-refractivity contribution is 6.30. The molecule has 1 unspecified atom stereocenters. The van der Waals surface area contributed by atoms with E-state index in [4.69, 9.17) is 16.7 Å². The second-order valence-corrected chi connectivity index (χ2v) is 9.69. The molecule has 1 aliphatic carbocycles. The van der Waals surface area contributed by atoms with Gasteiger partial charge in [-0.15, -0.1) is 0 Å². The van der Waals surface area contributed by atoms with E-state index >= 15 is 0 Å². The van der Waals surface area contributed by atoms with Gasteiger partial charge in [-0.25, -0.2) is 0 Å². The molecule has 1 atom stereocenters. The topological polar surface area (TPSA) is 29.9 Å². The molecule has 162 valence electrons. The first kappa shape index (κ1) is 20.0. The number of hydrogen-bond donors (Lipinski definition) is 1. The molecule has 4 aromatic rings. The lowest BCUT2D eigenvalue weighted by molar-refractivity contribution is 0.449. The van der Waals surface area contributed by atoms with Crippen molar-refractivity contribution in [2.75, 3.05) is 13.1 Å². The molecule has 0 amide bonds. The van der Waals surface area contributed by atoms with Gasteiger partial charge < -0.3 is 5.32 Å². The van der Waals surface area contributed by atoms with Crippen molar-refractivity contribution in [1.82, 2.24) is 15.1 Å². The molecule has 6 rings (SSSR count). The molecular weight excluding hydrogens is 414 g/mol. The molecule has 4 heteroatoms. The van der Waals surface area contributed by atoms with Gasteiger partial charge in [0.15, 0.2) is 0 Å². The highest BCUT2D eigenvalue weighted by Crippen LogP contribution is 2.42. The van der Waals surface area contributed by atoms with Crippen LogP contribution in [-0.2, 0) is 0 Å². The van der Waals surface area contributed by atoms with Gasteiger partial charge in [0, 0.05) is 22.2 Å². The summed E-state index contributed by atoms with van der Waals surface area (Å²) in [6.07, 6.45) is 4.84. The van der Waals surface area contributed by atoms with E-state index in [9.17, 15) is 0 Å². The van der Waals surface area contributed by atoms with Crippen LogP contribution < -0.4 is 5.32 Å². The van der Waals surface area contributed by atoms with Crippen molar-refractivity contribution in [3.63, 3.8) is 0 Å². The van der Waals surface area contributed by atoms with Crippen LogP contribution in [0.3, 0.4) is 0 Å². The number of piperidine rings is 1. The third-order valence-electron chi connectivity index (χ3n) is 7.05. The molecule has 1 saturated carbocycles. The van der Waals surface area contributed by atoms with Gasteiger partial charge in [0.1, 0.15) is 0 Å². The Labute approximate surface area is 194 Å². The molecule has 0 radical (unpaired) electrons. The van der Waals surface area contributed by atoms with Gasteiger partial charge in [-0.05, 0) is 79.7 Å². The summed E-state index contributed by atoms with van der Waals surface area (Å²) in [5.41, 5.74) is 6.48. The summed E-state index contributed by atoms with van der Waals surface area (Å²) in [5, 5.41) is 10.8. The minimum absolute atomic E-state index is 0.169. The molecule has 1 aromatic heterocycles. The molecule has 3 aromatic carbocycles. The van der Waals surface area contributed by atoms with Gasteiger partial charge in [0.05, 0.1) is 17.3 Å². The molecule has 32 heavy (non-hydrogen) atoms. The third-order valence-corrected chi connectivity index (χ3v) is 7.30. The standard InChI is InChI=1S/C28H28ClN3/c29-23-9-6-20(7-10-23)27(19-4-2-1-3-5-19)22-8-13-26-25(18-22)28(21-14-16-30-17-15-21)31-32(26)24-11-12-24/h1-10,13,18,21,24,27,30H,11-12,14-17H2. The number of hydrogen-bond acceptors (Lipinski definition) is 2. The Morgan fingerprint density at radius 1 is 0.812 bits per heavy atom. The fraction of sp³-hybridized carbons (Fsp3) is 0.321. The van der Waals surface area contributed by atoms with Crippen molar-refractivity contribution in [1.29, 1.82) is 0 Å². The van der Waals surface area contributed by atoms with Crippen LogP contribution in [0.1, 0.15) is 65.9 Å². The summed E-state index contributed by atoms with van der Waals surface area (Å²) >= 11 is 6.22. The summed E-state index contributed by atoms with van der Waals surface area (Å²) in [6.45, 7) is 2.17. The molecule has 1 saturated heterocycles. The second kappa shape index (κ2) is 8.38. The molecule has 1 aliphatic heterocycles. The third kappa shape index (κ3) is 3.74. The number of nitrogens with zero attached hydrogens (tertiary/aromatic N) is 2. The Kier molecular flexibility index (Phi) is 5.24. The van der Waals surface area contributed by atoms with Crippen molar-refractivity contribution in [2.45, 2.75) is 43.6 Å². The number of fused-ring (bicyclic) bond motifs is 1. The van der Waals surface area contributed by atoms with E-state index in [1.165, 1.54) is 59.0 Å². The quantitative estimate of drug-likeness (QED) is 0.350. The number of nitrogens with one attached hydrogen (secondary N) is 1. The molecule has 2 heterocycles. The van der Waals surface area contributed by atoms with Crippen molar-refractivity contribution >= 4 is 22.5 Å². The molecule has 1 N–H and O–H groups in total. The molecule has 2 fully saturated rings. The predicted octanol–water partition coefficient (Wildman–Crippen LogP) is 6.67. The fourth-order valence-electron chi connectivity index (χ4n) is 5.23. The molecule has 3 nitrogen and oxygen atoms in total. The number of rotatable bonds is 5. The lowest BCUT2D eigenvalue weighted by Gasteiger charge is -2.22. The minimum atomic E-state index is 0.169. The lowest BCUT2D eigenvalue weighted by Crippen LogP contribution is -2.27.